The van der Waals surface area contributed by atoms with Crippen molar-refractivity contribution in [1.82, 2.24) is 14.5 Å². The van der Waals surface area contributed by atoms with E-state index in [1.54, 1.807) is 13.2 Å². The smallest absolute Gasteiger partial charge is 0.330 e. The first-order chi connectivity index (χ1) is 8.97. The summed E-state index contributed by atoms with van der Waals surface area (Å²) in [5, 5.41) is 12.1. The molecule has 1 aromatic heterocycles. The molecular formula is C13H23N3O3. The minimum atomic E-state index is -0.314. The second kappa shape index (κ2) is 7.25. The van der Waals surface area contributed by atoms with Crippen LogP contribution in [0.4, 0.5) is 0 Å². The van der Waals surface area contributed by atoms with E-state index in [1.165, 1.54) is 11.6 Å². The molecule has 108 valence electrons. The van der Waals surface area contributed by atoms with Crippen molar-refractivity contribution < 1.29 is 5.11 Å². The number of aryl methyl sites for hydroxylation is 1. The Balaban J connectivity index is 2.51. The Morgan fingerprint density at radius 3 is 2.68 bits per heavy atom. The van der Waals surface area contributed by atoms with Gasteiger partial charge in [-0.3, -0.25) is 9.36 Å². The fourth-order valence-electron chi connectivity index (χ4n) is 1.89. The Morgan fingerprint density at radius 2 is 2.05 bits per heavy atom. The van der Waals surface area contributed by atoms with Gasteiger partial charge in [0, 0.05) is 39.0 Å². The topological polar surface area (TPSA) is 76.3 Å². The van der Waals surface area contributed by atoms with Gasteiger partial charge in [-0.05, 0) is 25.3 Å². The van der Waals surface area contributed by atoms with Gasteiger partial charge in [-0.25, -0.2) is 4.79 Å². The molecule has 0 amide bonds. The van der Waals surface area contributed by atoms with Crippen LogP contribution in [-0.4, -0.2) is 27.4 Å². The van der Waals surface area contributed by atoms with Gasteiger partial charge >= 0.3 is 5.69 Å². The van der Waals surface area contributed by atoms with Gasteiger partial charge in [0.05, 0.1) is 0 Å². The highest BCUT2D eigenvalue weighted by Crippen LogP contribution is 2.02. The van der Waals surface area contributed by atoms with Crippen LogP contribution >= 0.6 is 0 Å². The van der Waals surface area contributed by atoms with Crippen LogP contribution in [0, 0.1) is 5.92 Å². The fourth-order valence-corrected chi connectivity index (χ4v) is 1.89. The van der Waals surface area contributed by atoms with Crippen molar-refractivity contribution in [2.75, 3.05) is 13.2 Å². The number of aliphatic hydroxyl groups excluding tert-OH is 1. The highest BCUT2D eigenvalue weighted by Gasteiger charge is 2.06. The molecule has 1 rings (SSSR count). The number of hydrogen-bond donors (Lipinski definition) is 2. The monoisotopic (exact) mass is 269 g/mol. The molecule has 1 heterocycles. The maximum atomic E-state index is 11.8. The van der Waals surface area contributed by atoms with E-state index in [1.807, 2.05) is 6.92 Å². The molecule has 0 aromatic carbocycles. The molecule has 1 aromatic rings. The maximum absolute atomic E-state index is 11.8. The zero-order valence-corrected chi connectivity index (χ0v) is 11.8. The number of nitrogens with one attached hydrogen (secondary N) is 1. The lowest BCUT2D eigenvalue weighted by Gasteiger charge is -2.09. The van der Waals surface area contributed by atoms with E-state index in [2.05, 4.69) is 5.32 Å². The van der Waals surface area contributed by atoms with Gasteiger partial charge in [0.25, 0.3) is 5.56 Å². The first-order valence-corrected chi connectivity index (χ1v) is 6.54. The van der Waals surface area contributed by atoms with E-state index in [4.69, 9.17) is 5.11 Å². The Morgan fingerprint density at radius 1 is 1.37 bits per heavy atom. The molecule has 0 radical (unpaired) electrons. The largest absolute Gasteiger partial charge is 0.396 e. The minimum Gasteiger partial charge on any atom is -0.396 e. The maximum Gasteiger partial charge on any atom is 0.330 e. The van der Waals surface area contributed by atoms with Crippen LogP contribution in [0.1, 0.15) is 25.3 Å². The third-order valence-electron chi connectivity index (χ3n) is 3.20. The predicted molar refractivity (Wildman–Crippen MR) is 74.1 cm³/mol. The normalized spacial score (nSPS) is 12.6. The zero-order chi connectivity index (χ0) is 14.4. The first-order valence-electron chi connectivity index (χ1n) is 6.54. The Labute approximate surface area is 112 Å². The molecule has 1 atom stereocenters. The van der Waals surface area contributed by atoms with Gasteiger partial charge in [-0.15, -0.1) is 0 Å². The average molecular weight is 269 g/mol. The molecular weight excluding hydrogens is 246 g/mol. The van der Waals surface area contributed by atoms with E-state index in [0.29, 0.717) is 18.0 Å². The second-order valence-corrected chi connectivity index (χ2v) is 5.02. The van der Waals surface area contributed by atoms with Gasteiger partial charge in [-0.2, -0.15) is 0 Å². The highest BCUT2D eigenvalue weighted by atomic mass is 16.3. The summed E-state index contributed by atoms with van der Waals surface area (Å²) in [7, 11) is 3.12. The molecule has 0 fully saturated rings. The van der Waals surface area contributed by atoms with Crippen LogP contribution in [0.3, 0.4) is 0 Å². The molecule has 0 aliphatic rings. The summed E-state index contributed by atoms with van der Waals surface area (Å²) in [5.74, 6) is 0.312. The summed E-state index contributed by atoms with van der Waals surface area (Å²) in [4.78, 5) is 23.3. The summed E-state index contributed by atoms with van der Waals surface area (Å²) < 4.78 is 2.52. The van der Waals surface area contributed by atoms with Gasteiger partial charge in [-0.1, -0.05) is 6.92 Å². The molecule has 0 aliphatic heterocycles. The van der Waals surface area contributed by atoms with Crippen molar-refractivity contribution in [3.63, 3.8) is 0 Å². The molecule has 0 spiro atoms. The van der Waals surface area contributed by atoms with Gasteiger partial charge in [0.1, 0.15) is 0 Å². The van der Waals surface area contributed by atoms with E-state index in [-0.39, 0.29) is 17.9 Å². The van der Waals surface area contributed by atoms with Crippen molar-refractivity contribution in [2.45, 2.75) is 26.3 Å². The van der Waals surface area contributed by atoms with E-state index >= 15 is 0 Å². The number of aliphatic hydroxyl groups is 1. The summed E-state index contributed by atoms with van der Waals surface area (Å²) in [6.07, 6.45) is 3.48. The van der Waals surface area contributed by atoms with Gasteiger partial charge in [0.2, 0.25) is 0 Å². The van der Waals surface area contributed by atoms with E-state index in [0.717, 1.165) is 24.0 Å². The molecule has 0 saturated carbocycles. The summed E-state index contributed by atoms with van der Waals surface area (Å²) in [6.45, 7) is 3.45. The van der Waals surface area contributed by atoms with Gasteiger partial charge in [0.15, 0.2) is 0 Å². The van der Waals surface area contributed by atoms with E-state index < -0.39 is 0 Å². The third-order valence-corrected chi connectivity index (χ3v) is 3.20. The number of hydrogen-bond acceptors (Lipinski definition) is 4. The van der Waals surface area contributed by atoms with Crippen LogP contribution in [0.25, 0.3) is 0 Å². The fraction of sp³-hybridized carbons (Fsp3) is 0.692. The van der Waals surface area contributed by atoms with Crippen molar-refractivity contribution in [2.24, 2.45) is 20.0 Å². The lowest BCUT2D eigenvalue weighted by Crippen LogP contribution is -2.39. The average Bonchev–Trinajstić information content (AvgIpc) is 2.41. The van der Waals surface area contributed by atoms with Crippen molar-refractivity contribution in [3.8, 4) is 0 Å². The molecule has 6 nitrogen and oxygen atoms in total. The van der Waals surface area contributed by atoms with Crippen LogP contribution < -0.4 is 16.6 Å². The highest BCUT2D eigenvalue weighted by molar-refractivity contribution is 5.05. The van der Waals surface area contributed by atoms with E-state index in [9.17, 15) is 9.59 Å². The number of rotatable bonds is 7. The second-order valence-electron chi connectivity index (χ2n) is 5.02. The third kappa shape index (κ3) is 4.33. The standard InChI is InChI=1S/C13H23N3O3/c1-10(9-17)5-4-6-14-7-11-8-15(2)13(19)16(3)12(11)18/h8,10,14,17H,4-7,9H2,1-3H3. The van der Waals surface area contributed by atoms with Crippen LogP contribution in [0.5, 0.6) is 0 Å². The molecule has 2 N–H and O–H groups in total. The van der Waals surface area contributed by atoms with Crippen molar-refractivity contribution in [1.29, 1.82) is 0 Å². The molecule has 0 bridgehead atoms. The van der Waals surface area contributed by atoms with Crippen LogP contribution in [-0.2, 0) is 20.6 Å². The van der Waals surface area contributed by atoms with Crippen molar-refractivity contribution in [3.05, 3.63) is 32.6 Å². The molecule has 0 aliphatic carbocycles. The molecule has 0 saturated heterocycles. The van der Waals surface area contributed by atoms with Crippen LogP contribution in [0.2, 0.25) is 0 Å². The van der Waals surface area contributed by atoms with Crippen LogP contribution in [0.15, 0.2) is 15.8 Å². The van der Waals surface area contributed by atoms with Gasteiger partial charge < -0.3 is 15.0 Å². The molecule has 6 heteroatoms. The minimum absolute atomic E-state index is 0.210. The Kier molecular flexibility index (Phi) is 5.98. The summed E-state index contributed by atoms with van der Waals surface area (Å²) in [6, 6.07) is 0. The number of aromatic nitrogens is 2. The Hall–Kier alpha value is -1.40. The van der Waals surface area contributed by atoms with Crippen molar-refractivity contribution >= 4 is 0 Å². The first kappa shape index (κ1) is 15.7. The summed E-state index contributed by atoms with van der Waals surface area (Å²) >= 11 is 0. The summed E-state index contributed by atoms with van der Waals surface area (Å²) in [5.41, 5.74) is 0.0182. The molecule has 19 heavy (non-hydrogen) atoms. The Bertz CT molecular complexity index is 519. The molecule has 1 unspecified atom stereocenters. The lowest BCUT2D eigenvalue weighted by molar-refractivity contribution is 0.228. The SMILES string of the molecule is CC(CO)CCCNCc1cn(C)c(=O)n(C)c1=O. The number of nitrogens with zero attached hydrogens (tertiary/aromatic N) is 2. The lowest BCUT2D eigenvalue weighted by atomic mass is 10.1. The zero-order valence-electron chi connectivity index (χ0n) is 11.8. The quantitative estimate of drug-likeness (QED) is 0.659. The predicted octanol–water partition coefficient (Wildman–Crippen LogP) is -0.418.